The van der Waals surface area contributed by atoms with Gasteiger partial charge < -0.3 is 33.4 Å². The minimum atomic E-state index is -0.358. The number of nitrogens with zero attached hydrogens (tertiary/aromatic N) is 2. The van der Waals surface area contributed by atoms with Crippen LogP contribution in [0.5, 0.6) is 11.5 Å². The van der Waals surface area contributed by atoms with Crippen LogP contribution in [0.3, 0.4) is 0 Å². The van der Waals surface area contributed by atoms with Gasteiger partial charge in [-0.15, -0.1) is 0 Å². The van der Waals surface area contributed by atoms with Crippen LogP contribution >= 0.6 is 0 Å². The first kappa shape index (κ1) is 26.8. The van der Waals surface area contributed by atoms with E-state index < -0.39 is 0 Å². The van der Waals surface area contributed by atoms with Crippen molar-refractivity contribution in [2.24, 2.45) is 0 Å². The Morgan fingerprint density at radius 2 is 1.74 bits per heavy atom. The number of amides is 2. The molecule has 2 aromatic heterocycles. The molecule has 2 amide bonds. The molecule has 0 unspecified atom stereocenters. The van der Waals surface area contributed by atoms with Crippen molar-refractivity contribution < 1.29 is 28.2 Å². The largest absolute Gasteiger partial charge is 0.493 e. The van der Waals surface area contributed by atoms with Gasteiger partial charge in [0.15, 0.2) is 17.3 Å². The third-order valence-corrected chi connectivity index (χ3v) is 6.41. The second kappa shape index (κ2) is 12.8. The van der Waals surface area contributed by atoms with E-state index in [1.165, 1.54) is 11.2 Å². The summed E-state index contributed by atoms with van der Waals surface area (Å²) in [4.78, 5) is 33.2. The molecule has 0 saturated carbocycles. The number of furan rings is 1. The van der Waals surface area contributed by atoms with Crippen molar-refractivity contribution in [3.8, 4) is 11.5 Å². The lowest BCUT2D eigenvalue weighted by Crippen LogP contribution is -2.44. The molecule has 0 atom stereocenters. The third kappa shape index (κ3) is 6.36. The summed E-state index contributed by atoms with van der Waals surface area (Å²) in [5.41, 5.74) is 3.05. The number of H-pyrrole nitrogens is 1. The number of methoxy groups -OCH3 is 3. The van der Waals surface area contributed by atoms with Gasteiger partial charge in [-0.1, -0.05) is 24.3 Å². The van der Waals surface area contributed by atoms with E-state index in [2.05, 4.69) is 11.1 Å². The summed E-state index contributed by atoms with van der Waals surface area (Å²) >= 11 is 0. The zero-order valence-electron chi connectivity index (χ0n) is 21.9. The van der Waals surface area contributed by atoms with Gasteiger partial charge in [-0.25, -0.2) is 0 Å². The van der Waals surface area contributed by atoms with Gasteiger partial charge in [-0.3, -0.25) is 9.59 Å². The zero-order valence-corrected chi connectivity index (χ0v) is 21.9. The van der Waals surface area contributed by atoms with Crippen LogP contribution in [-0.4, -0.2) is 74.2 Å². The number of ether oxygens (including phenoxy) is 3. The van der Waals surface area contributed by atoms with Gasteiger partial charge in [-0.05, 0) is 47.9 Å². The first-order valence-electron chi connectivity index (χ1n) is 12.4. The van der Waals surface area contributed by atoms with Gasteiger partial charge in [0.05, 0.1) is 27.1 Å². The maximum atomic E-state index is 13.7. The molecule has 4 aromatic rings. The molecule has 0 radical (unpaired) electrons. The molecule has 1 N–H and O–H groups in total. The maximum Gasteiger partial charge on any atom is 0.290 e. The number of para-hydroxylation sites is 1. The summed E-state index contributed by atoms with van der Waals surface area (Å²) in [6, 6.07) is 16.9. The van der Waals surface area contributed by atoms with Crippen molar-refractivity contribution in [3.05, 3.63) is 83.9 Å². The smallest absolute Gasteiger partial charge is 0.290 e. The van der Waals surface area contributed by atoms with Gasteiger partial charge in [0.1, 0.15) is 6.54 Å². The number of hydrogen-bond donors (Lipinski definition) is 1. The van der Waals surface area contributed by atoms with Crippen LogP contribution in [-0.2, 0) is 22.5 Å². The molecule has 0 aliphatic rings. The van der Waals surface area contributed by atoms with Crippen LogP contribution < -0.4 is 9.47 Å². The Balaban J connectivity index is 1.56. The average Bonchev–Trinajstić information content (AvgIpc) is 3.63. The standard InChI is InChI=1S/C29H33N3O6/c1-35-16-14-32(29(34)26-9-6-15-38-26)20-28(33)31(19-21-10-11-25(36-2)27(17-21)37-3)13-12-22-18-30-24-8-5-4-7-23(22)24/h4-11,15,17-18,30H,12-14,16,19-20H2,1-3H3. The third-order valence-electron chi connectivity index (χ3n) is 6.41. The summed E-state index contributed by atoms with van der Waals surface area (Å²) < 4.78 is 21.3. The number of nitrogens with one attached hydrogen (secondary N) is 1. The second-order valence-electron chi connectivity index (χ2n) is 8.81. The van der Waals surface area contributed by atoms with Crippen molar-refractivity contribution >= 4 is 22.7 Å². The summed E-state index contributed by atoms with van der Waals surface area (Å²) in [7, 11) is 4.72. The zero-order chi connectivity index (χ0) is 26.9. The number of hydrogen-bond acceptors (Lipinski definition) is 6. The van der Waals surface area contributed by atoms with Crippen molar-refractivity contribution in [1.82, 2.24) is 14.8 Å². The highest BCUT2D eigenvalue weighted by Crippen LogP contribution is 2.28. The van der Waals surface area contributed by atoms with Gasteiger partial charge in [0.25, 0.3) is 5.91 Å². The Morgan fingerprint density at radius 1 is 0.921 bits per heavy atom. The first-order chi connectivity index (χ1) is 18.5. The van der Waals surface area contributed by atoms with E-state index in [4.69, 9.17) is 18.6 Å². The lowest BCUT2D eigenvalue weighted by Gasteiger charge is -2.27. The minimum absolute atomic E-state index is 0.107. The number of aromatic amines is 1. The number of aromatic nitrogens is 1. The number of carbonyl (C=O) groups excluding carboxylic acids is 2. The summed E-state index contributed by atoms with van der Waals surface area (Å²) in [5, 5.41) is 1.13. The lowest BCUT2D eigenvalue weighted by molar-refractivity contribution is -0.132. The fraction of sp³-hybridized carbons (Fsp3) is 0.310. The van der Waals surface area contributed by atoms with Crippen LogP contribution in [0.2, 0.25) is 0 Å². The number of carbonyl (C=O) groups is 2. The molecule has 2 heterocycles. The highest BCUT2D eigenvalue weighted by Gasteiger charge is 2.24. The van der Waals surface area contributed by atoms with Crippen LogP contribution in [0.4, 0.5) is 0 Å². The summed E-state index contributed by atoms with van der Waals surface area (Å²) in [6.07, 6.45) is 4.07. The Hall–Kier alpha value is -4.24. The monoisotopic (exact) mass is 519 g/mol. The molecule has 0 spiro atoms. The van der Waals surface area contributed by atoms with E-state index in [1.807, 2.05) is 42.6 Å². The molecule has 0 aliphatic heterocycles. The van der Waals surface area contributed by atoms with Crippen molar-refractivity contribution in [2.45, 2.75) is 13.0 Å². The average molecular weight is 520 g/mol. The molecule has 0 saturated heterocycles. The Labute approximate surface area is 221 Å². The quantitative estimate of drug-likeness (QED) is 0.285. The van der Waals surface area contributed by atoms with Crippen LogP contribution in [0.25, 0.3) is 10.9 Å². The summed E-state index contributed by atoms with van der Waals surface area (Å²) in [5.74, 6) is 0.837. The number of fused-ring (bicyclic) bond motifs is 1. The van der Waals surface area contributed by atoms with Crippen LogP contribution in [0.15, 0.2) is 71.5 Å². The van der Waals surface area contributed by atoms with Crippen molar-refractivity contribution in [1.29, 1.82) is 0 Å². The molecule has 9 heteroatoms. The van der Waals surface area contributed by atoms with Crippen LogP contribution in [0, 0.1) is 0 Å². The fourth-order valence-electron chi connectivity index (χ4n) is 4.36. The topological polar surface area (TPSA) is 97.2 Å². The minimum Gasteiger partial charge on any atom is -0.493 e. The summed E-state index contributed by atoms with van der Waals surface area (Å²) in [6.45, 7) is 1.25. The van der Waals surface area contributed by atoms with Crippen LogP contribution in [0.1, 0.15) is 21.7 Å². The molecule has 0 bridgehead atoms. The van der Waals surface area contributed by atoms with E-state index in [9.17, 15) is 9.59 Å². The van der Waals surface area contributed by atoms with E-state index in [0.717, 1.165) is 22.0 Å². The Morgan fingerprint density at radius 3 is 2.47 bits per heavy atom. The van der Waals surface area contributed by atoms with Gasteiger partial charge in [-0.2, -0.15) is 0 Å². The van der Waals surface area contributed by atoms with Crippen molar-refractivity contribution in [2.75, 3.05) is 47.6 Å². The highest BCUT2D eigenvalue weighted by atomic mass is 16.5. The predicted octanol–water partition coefficient (Wildman–Crippen LogP) is 4.14. The molecule has 0 aliphatic carbocycles. The predicted molar refractivity (Wildman–Crippen MR) is 143 cm³/mol. The van der Waals surface area contributed by atoms with Gasteiger partial charge in [0, 0.05) is 43.8 Å². The molecular weight excluding hydrogens is 486 g/mol. The fourth-order valence-corrected chi connectivity index (χ4v) is 4.36. The molecule has 4 rings (SSSR count). The van der Waals surface area contributed by atoms with E-state index in [0.29, 0.717) is 37.6 Å². The molecular formula is C29H33N3O6. The van der Waals surface area contributed by atoms with Crippen molar-refractivity contribution in [3.63, 3.8) is 0 Å². The Kier molecular flexibility index (Phi) is 9.05. The molecule has 2 aromatic carbocycles. The highest BCUT2D eigenvalue weighted by molar-refractivity contribution is 5.94. The first-order valence-corrected chi connectivity index (χ1v) is 12.4. The molecule has 200 valence electrons. The van der Waals surface area contributed by atoms with E-state index in [-0.39, 0.29) is 30.7 Å². The molecule has 38 heavy (non-hydrogen) atoms. The number of benzene rings is 2. The SMILES string of the molecule is COCCN(CC(=O)N(CCc1c[nH]c2ccccc12)Cc1ccc(OC)c(OC)c1)C(=O)c1ccco1. The second-order valence-corrected chi connectivity index (χ2v) is 8.81. The molecule has 9 nitrogen and oxygen atoms in total. The van der Waals surface area contributed by atoms with E-state index in [1.54, 1.807) is 38.4 Å². The lowest BCUT2D eigenvalue weighted by atomic mass is 10.1. The molecule has 0 fully saturated rings. The van der Waals surface area contributed by atoms with Gasteiger partial charge >= 0.3 is 0 Å². The Bertz CT molecular complexity index is 1350. The number of rotatable bonds is 13. The van der Waals surface area contributed by atoms with E-state index >= 15 is 0 Å². The normalized spacial score (nSPS) is 10.9. The van der Waals surface area contributed by atoms with Gasteiger partial charge in [0.2, 0.25) is 5.91 Å². The maximum absolute atomic E-state index is 13.7.